The first-order chi connectivity index (χ1) is 16.8. The zero-order valence-corrected chi connectivity index (χ0v) is 20.7. The molecule has 1 unspecified atom stereocenters. The molecule has 4 aromatic rings. The number of hydrogen-bond donors (Lipinski definition) is 4. The number of ether oxygens (including phenoxy) is 3. The minimum Gasteiger partial charge on any atom is -0.716 e. The number of H-pyrrole nitrogens is 1. The van der Waals surface area contributed by atoms with Crippen LogP contribution in [0.3, 0.4) is 0 Å². The van der Waals surface area contributed by atoms with Gasteiger partial charge in [-0.25, -0.2) is 8.42 Å². The Hall–Kier alpha value is -3.55. The normalized spacial score (nSPS) is 12.2. The molecule has 0 bridgehead atoms. The van der Waals surface area contributed by atoms with Gasteiger partial charge in [0.25, 0.3) is 10.4 Å². The smallest absolute Gasteiger partial charge is 0.262 e. The average Bonchev–Trinajstić information content (AvgIpc) is 3.21. The minimum absolute atomic E-state index is 0. The van der Waals surface area contributed by atoms with Crippen molar-refractivity contribution in [2.75, 3.05) is 33.4 Å². The fourth-order valence-electron chi connectivity index (χ4n) is 3.67. The van der Waals surface area contributed by atoms with E-state index in [1.165, 1.54) is 25.3 Å². The van der Waals surface area contributed by atoms with Gasteiger partial charge in [-0.2, -0.15) is 0 Å². The Kier molecular flexibility index (Phi) is 8.96. The van der Waals surface area contributed by atoms with Crippen LogP contribution in [-0.2, 0) is 10.4 Å². The Balaban J connectivity index is 0.00000361. The van der Waals surface area contributed by atoms with Crippen LogP contribution in [0.5, 0.6) is 23.0 Å². The predicted octanol–water partition coefficient (Wildman–Crippen LogP) is 2.95. The molecule has 12 heteroatoms. The SMILES string of the molecule is COc1cc(OS(=O)(=O)[O-])ccc1OCCNCC(O)COc1cccc2[nH]c3ccccc3c12.[NH4+]. The molecule has 11 nitrogen and oxygen atoms in total. The number of aliphatic hydroxyl groups is 1. The van der Waals surface area contributed by atoms with Gasteiger partial charge in [-0.3, -0.25) is 0 Å². The van der Waals surface area contributed by atoms with Crippen LogP contribution in [0.1, 0.15) is 0 Å². The molecule has 0 amide bonds. The molecule has 194 valence electrons. The number of methoxy groups -OCH3 is 1. The van der Waals surface area contributed by atoms with Crippen LogP contribution in [0, 0.1) is 0 Å². The maximum atomic E-state index is 10.7. The zero-order chi connectivity index (χ0) is 24.8. The minimum atomic E-state index is -4.88. The third-order valence-electron chi connectivity index (χ3n) is 5.17. The highest BCUT2D eigenvalue weighted by Gasteiger charge is 2.12. The van der Waals surface area contributed by atoms with Crippen LogP contribution in [0.4, 0.5) is 0 Å². The summed E-state index contributed by atoms with van der Waals surface area (Å²) in [5.74, 6) is 1.09. The fraction of sp³-hybridized carbons (Fsp3) is 0.250. The number of hydrogen-bond acceptors (Lipinski definition) is 9. The van der Waals surface area contributed by atoms with Gasteiger partial charge in [0.15, 0.2) is 11.5 Å². The van der Waals surface area contributed by atoms with E-state index >= 15 is 0 Å². The van der Waals surface area contributed by atoms with Crippen LogP contribution >= 0.6 is 0 Å². The molecular weight excluding hydrogens is 490 g/mol. The largest absolute Gasteiger partial charge is 0.716 e. The van der Waals surface area contributed by atoms with Crippen LogP contribution in [0.2, 0.25) is 0 Å². The van der Waals surface area contributed by atoms with Gasteiger partial charge >= 0.3 is 0 Å². The molecule has 0 saturated heterocycles. The Morgan fingerprint density at radius 1 is 1.00 bits per heavy atom. The maximum absolute atomic E-state index is 10.7. The lowest BCUT2D eigenvalue weighted by molar-refractivity contribution is 0.106. The van der Waals surface area contributed by atoms with Crippen molar-refractivity contribution in [3.8, 4) is 23.0 Å². The topological polar surface area (TPSA) is 179 Å². The van der Waals surface area contributed by atoms with Gasteiger partial charge in [0.2, 0.25) is 0 Å². The number of benzene rings is 3. The summed E-state index contributed by atoms with van der Waals surface area (Å²) in [6, 6.07) is 17.7. The molecule has 0 saturated carbocycles. The molecule has 3 aromatic carbocycles. The van der Waals surface area contributed by atoms with Crippen molar-refractivity contribution in [2.45, 2.75) is 6.10 Å². The highest BCUT2D eigenvalue weighted by molar-refractivity contribution is 7.81. The lowest BCUT2D eigenvalue weighted by atomic mass is 10.1. The summed E-state index contributed by atoms with van der Waals surface area (Å²) in [4.78, 5) is 3.36. The van der Waals surface area contributed by atoms with E-state index in [0.29, 0.717) is 24.6 Å². The van der Waals surface area contributed by atoms with Gasteiger partial charge < -0.3 is 44.5 Å². The molecule has 0 radical (unpaired) electrons. The molecule has 0 fully saturated rings. The maximum Gasteiger partial charge on any atom is 0.262 e. The predicted molar refractivity (Wildman–Crippen MR) is 135 cm³/mol. The summed E-state index contributed by atoms with van der Waals surface area (Å²) in [5.41, 5.74) is 1.99. The lowest BCUT2D eigenvalue weighted by Gasteiger charge is -2.15. The van der Waals surface area contributed by atoms with E-state index in [2.05, 4.69) is 14.5 Å². The molecule has 1 aromatic heterocycles. The number of aliphatic hydroxyl groups excluding tert-OH is 1. The van der Waals surface area contributed by atoms with Gasteiger partial charge in [-0.05, 0) is 30.3 Å². The summed E-state index contributed by atoms with van der Waals surface area (Å²) in [6.45, 7) is 1.08. The average molecular weight is 520 g/mol. The van der Waals surface area contributed by atoms with Gasteiger partial charge in [0, 0.05) is 35.4 Å². The van der Waals surface area contributed by atoms with Crippen molar-refractivity contribution in [3.05, 3.63) is 60.7 Å². The first-order valence-corrected chi connectivity index (χ1v) is 12.1. The van der Waals surface area contributed by atoms with Gasteiger partial charge in [-0.1, -0.05) is 24.3 Å². The molecule has 7 N–H and O–H groups in total. The molecular formula is C24H29N3O8S. The van der Waals surface area contributed by atoms with E-state index in [0.717, 1.165) is 21.8 Å². The summed E-state index contributed by atoms with van der Waals surface area (Å²) in [7, 11) is -3.50. The Morgan fingerprint density at radius 2 is 1.78 bits per heavy atom. The van der Waals surface area contributed by atoms with Crippen LogP contribution < -0.4 is 29.9 Å². The monoisotopic (exact) mass is 519 g/mol. The standard InChI is InChI=1S/C24H26N2O8S.H3N/c1-31-23-13-17(34-35(28,29)30)9-10-21(23)32-12-11-25-14-16(27)15-33-22-8-4-7-20-24(22)18-5-2-3-6-19(18)26-20;/h2-10,13,16,25-27H,11-12,14-15H2,1H3,(H,28,29,30);1H3. The third kappa shape index (κ3) is 6.77. The highest BCUT2D eigenvalue weighted by Crippen LogP contribution is 2.33. The second kappa shape index (κ2) is 11.9. The van der Waals surface area contributed by atoms with Crippen LogP contribution in [-0.4, -0.2) is 62.6 Å². The van der Waals surface area contributed by atoms with Gasteiger partial charge in [-0.15, -0.1) is 0 Å². The van der Waals surface area contributed by atoms with Gasteiger partial charge in [0.1, 0.15) is 30.8 Å². The summed E-state index contributed by atoms with van der Waals surface area (Å²) in [6.07, 6.45) is -0.740. The van der Waals surface area contributed by atoms with E-state index in [1.54, 1.807) is 0 Å². The van der Waals surface area contributed by atoms with Crippen molar-refractivity contribution < 1.29 is 36.5 Å². The Bertz CT molecular complexity index is 1410. The number of aromatic nitrogens is 1. The number of aromatic amines is 1. The lowest BCUT2D eigenvalue weighted by Crippen LogP contribution is -2.33. The number of para-hydroxylation sites is 1. The van der Waals surface area contributed by atoms with Gasteiger partial charge in [0.05, 0.1) is 12.6 Å². The van der Waals surface area contributed by atoms with Crippen LogP contribution in [0.25, 0.3) is 21.8 Å². The van der Waals surface area contributed by atoms with Crippen molar-refractivity contribution in [1.29, 1.82) is 0 Å². The molecule has 0 aliphatic rings. The molecule has 1 atom stereocenters. The zero-order valence-electron chi connectivity index (χ0n) is 19.9. The number of rotatable bonds is 12. The molecule has 0 spiro atoms. The highest BCUT2D eigenvalue weighted by atomic mass is 32.3. The van der Waals surface area contributed by atoms with E-state index in [4.69, 9.17) is 14.2 Å². The quantitative estimate of drug-likeness (QED) is 0.124. The molecule has 4 rings (SSSR count). The molecule has 36 heavy (non-hydrogen) atoms. The van der Waals surface area contributed by atoms with E-state index in [9.17, 15) is 18.1 Å². The number of nitrogens with one attached hydrogen (secondary N) is 2. The first kappa shape index (κ1) is 27.0. The van der Waals surface area contributed by atoms with Crippen molar-refractivity contribution in [1.82, 2.24) is 16.5 Å². The number of quaternary nitrogens is 1. The third-order valence-corrected chi connectivity index (χ3v) is 5.57. The second-order valence-electron chi connectivity index (χ2n) is 7.67. The summed E-state index contributed by atoms with van der Waals surface area (Å²) in [5, 5.41) is 15.5. The van der Waals surface area contributed by atoms with Crippen molar-refractivity contribution >= 4 is 32.2 Å². The van der Waals surface area contributed by atoms with Crippen molar-refractivity contribution in [2.24, 2.45) is 0 Å². The molecule has 0 aliphatic carbocycles. The van der Waals surface area contributed by atoms with Crippen molar-refractivity contribution in [3.63, 3.8) is 0 Å². The Labute approximate surface area is 208 Å². The van der Waals surface area contributed by atoms with Crippen LogP contribution in [0.15, 0.2) is 60.7 Å². The second-order valence-corrected chi connectivity index (χ2v) is 8.65. The van der Waals surface area contributed by atoms with E-state index in [1.807, 2.05) is 42.5 Å². The van der Waals surface area contributed by atoms with E-state index in [-0.39, 0.29) is 30.9 Å². The first-order valence-electron chi connectivity index (χ1n) is 10.8. The molecule has 0 aliphatic heterocycles. The Morgan fingerprint density at radius 3 is 2.56 bits per heavy atom. The van der Waals surface area contributed by atoms with E-state index < -0.39 is 16.5 Å². The number of fused-ring (bicyclic) bond motifs is 3. The summed E-state index contributed by atoms with van der Waals surface area (Å²) < 4.78 is 53.1. The summed E-state index contributed by atoms with van der Waals surface area (Å²) >= 11 is 0. The fourth-order valence-corrected chi connectivity index (χ4v) is 4.01. The molecule has 1 heterocycles.